The molecule has 0 radical (unpaired) electrons. The van der Waals surface area contributed by atoms with Crippen LogP contribution in [0.1, 0.15) is 17.8 Å². The Hall–Kier alpha value is -2.53. The second-order valence-corrected chi connectivity index (χ2v) is 5.64. The number of hydrogen-bond donors (Lipinski definition) is 3. The summed E-state index contributed by atoms with van der Waals surface area (Å²) >= 11 is 1.19. The second kappa shape index (κ2) is 10.5. The van der Waals surface area contributed by atoms with Crippen LogP contribution in [0.5, 0.6) is 0 Å². The number of aryl methyl sites for hydroxylation is 1. The first kappa shape index (κ1) is 21.5. The van der Waals surface area contributed by atoms with Gasteiger partial charge < -0.3 is 16.2 Å². The van der Waals surface area contributed by atoms with Crippen LogP contribution in [-0.4, -0.2) is 39.1 Å². The molecule has 0 saturated carbocycles. The lowest BCUT2D eigenvalue weighted by molar-refractivity contribution is -0.192. The number of carboxylic acids is 1. The fourth-order valence-electron chi connectivity index (χ4n) is 1.62. The zero-order valence-corrected chi connectivity index (χ0v) is 14.3. The Kier molecular flexibility index (Phi) is 8.65. The van der Waals surface area contributed by atoms with E-state index in [-0.39, 0.29) is 5.91 Å². The molecule has 0 bridgehead atoms. The summed E-state index contributed by atoms with van der Waals surface area (Å²) in [6.07, 6.45) is -3.28. The van der Waals surface area contributed by atoms with Gasteiger partial charge in [-0.3, -0.25) is 4.79 Å². The van der Waals surface area contributed by atoms with Crippen LogP contribution in [-0.2, 0) is 22.4 Å². The van der Waals surface area contributed by atoms with Gasteiger partial charge in [0.05, 0.1) is 0 Å². The number of carbonyl (C=O) groups is 2. The minimum atomic E-state index is -5.08. The predicted molar refractivity (Wildman–Crippen MR) is 89.8 cm³/mol. The number of benzene rings is 1. The maximum Gasteiger partial charge on any atom is 0.490 e. The molecular weight excluding hydrogens is 373 g/mol. The number of aliphatic carboxylic acids is 1. The molecule has 2 rings (SSSR count). The number of carbonyl (C=O) groups excluding carboxylic acids is 1. The first-order valence-electron chi connectivity index (χ1n) is 7.39. The van der Waals surface area contributed by atoms with Crippen LogP contribution in [0, 0.1) is 0 Å². The number of hydrogen-bond acceptors (Lipinski definition) is 6. The van der Waals surface area contributed by atoms with Crippen LogP contribution in [0.25, 0.3) is 0 Å². The molecule has 11 heteroatoms. The van der Waals surface area contributed by atoms with Crippen LogP contribution in [0.4, 0.5) is 18.3 Å². The van der Waals surface area contributed by atoms with E-state index >= 15 is 0 Å². The molecule has 0 fully saturated rings. The average Bonchev–Trinajstić information content (AvgIpc) is 3.01. The summed E-state index contributed by atoms with van der Waals surface area (Å²) in [5, 5.41) is 10.4. The maximum atomic E-state index is 11.8. The second-order valence-electron chi connectivity index (χ2n) is 4.89. The summed E-state index contributed by atoms with van der Waals surface area (Å²) in [7, 11) is 0. The highest BCUT2D eigenvalue weighted by atomic mass is 32.1. The molecule has 1 heterocycles. The van der Waals surface area contributed by atoms with Gasteiger partial charge >= 0.3 is 12.1 Å². The maximum absolute atomic E-state index is 11.8. The number of carboxylic acid groups (broad SMARTS) is 1. The number of rotatable bonds is 6. The number of amides is 1. The Labute approximate surface area is 151 Å². The molecule has 1 aromatic carbocycles. The molecule has 0 saturated heterocycles. The van der Waals surface area contributed by atoms with E-state index in [0.29, 0.717) is 30.3 Å². The first-order chi connectivity index (χ1) is 12.2. The fourth-order valence-corrected chi connectivity index (χ4v) is 2.25. The van der Waals surface area contributed by atoms with E-state index in [9.17, 15) is 18.0 Å². The molecule has 0 aliphatic heterocycles. The van der Waals surface area contributed by atoms with E-state index in [1.807, 2.05) is 30.3 Å². The van der Waals surface area contributed by atoms with Crippen molar-refractivity contribution in [2.24, 2.45) is 5.73 Å². The summed E-state index contributed by atoms with van der Waals surface area (Å²) in [5.74, 6) is -2.11. The number of anilines is 1. The number of nitrogens with two attached hydrogens (primary N) is 1. The number of alkyl halides is 3. The van der Waals surface area contributed by atoms with E-state index in [4.69, 9.17) is 15.6 Å². The predicted octanol–water partition coefficient (Wildman–Crippen LogP) is 2.24. The van der Waals surface area contributed by atoms with Gasteiger partial charge in [-0.15, -0.1) is 0 Å². The van der Waals surface area contributed by atoms with Crippen LogP contribution < -0.4 is 11.1 Å². The molecule has 0 aliphatic carbocycles. The largest absolute Gasteiger partial charge is 0.490 e. The van der Waals surface area contributed by atoms with E-state index in [0.717, 1.165) is 12.0 Å². The number of nitrogens with zero attached hydrogens (tertiary/aromatic N) is 2. The van der Waals surface area contributed by atoms with Crippen molar-refractivity contribution in [1.29, 1.82) is 0 Å². The minimum absolute atomic E-state index is 0.0423. The Bertz CT molecular complexity index is 708. The molecule has 0 aliphatic rings. The van der Waals surface area contributed by atoms with Crippen molar-refractivity contribution in [2.75, 3.05) is 11.9 Å². The monoisotopic (exact) mass is 390 g/mol. The summed E-state index contributed by atoms with van der Waals surface area (Å²) in [4.78, 5) is 24.8. The lowest BCUT2D eigenvalue weighted by Gasteiger charge is -2.01. The van der Waals surface area contributed by atoms with Crippen LogP contribution >= 0.6 is 11.5 Å². The van der Waals surface area contributed by atoms with Crippen molar-refractivity contribution in [1.82, 2.24) is 9.36 Å². The van der Waals surface area contributed by atoms with Gasteiger partial charge in [-0.1, -0.05) is 30.3 Å². The topological polar surface area (TPSA) is 118 Å². The Morgan fingerprint density at radius 1 is 1.19 bits per heavy atom. The summed E-state index contributed by atoms with van der Waals surface area (Å²) in [6, 6.07) is 9.92. The van der Waals surface area contributed by atoms with Gasteiger partial charge in [-0.05, 0) is 18.5 Å². The first-order valence-corrected chi connectivity index (χ1v) is 8.16. The van der Waals surface area contributed by atoms with Crippen molar-refractivity contribution in [3.63, 3.8) is 0 Å². The van der Waals surface area contributed by atoms with Gasteiger partial charge in [0.1, 0.15) is 5.82 Å². The van der Waals surface area contributed by atoms with E-state index < -0.39 is 12.1 Å². The summed E-state index contributed by atoms with van der Waals surface area (Å²) in [5.41, 5.74) is 6.57. The number of halogens is 3. The smallest absolute Gasteiger partial charge is 0.475 e. The minimum Gasteiger partial charge on any atom is -0.475 e. The standard InChI is InChI=1S/C13H16N4OS.C2HF3O2/c14-9-8-11-15-13(19-17-11)16-12(18)7-6-10-4-2-1-3-5-10;3-2(4,5)1(6)7/h1-5H,6-9,14H2,(H,15,16,17,18);(H,6,7). The van der Waals surface area contributed by atoms with Gasteiger partial charge in [-0.25, -0.2) is 9.78 Å². The molecule has 142 valence electrons. The molecule has 0 atom stereocenters. The van der Waals surface area contributed by atoms with Crippen molar-refractivity contribution in [3.05, 3.63) is 41.7 Å². The third-order valence-corrected chi connectivity index (χ3v) is 3.48. The highest BCUT2D eigenvalue weighted by molar-refractivity contribution is 7.09. The van der Waals surface area contributed by atoms with Crippen molar-refractivity contribution in [2.45, 2.75) is 25.4 Å². The average molecular weight is 390 g/mol. The van der Waals surface area contributed by atoms with E-state index in [2.05, 4.69) is 14.7 Å². The van der Waals surface area contributed by atoms with Gasteiger partial charge in [-0.2, -0.15) is 17.5 Å². The molecule has 0 spiro atoms. The molecule has 26 heavy (non-hydrogen) atoms. The van der Waals surface area contributed by atoms with Gasteiger partial charge in [0.25, 0.3) is 0 Å². The molecular formula is C15H17F3N4O3S. The van der Waals surface area contributed by atoms with Gasteiger partial charge in [0, 0.05) is 24.4 Å². The highest BCUT2D eigenvalue weighted by Crippen LogP contribution is 2.13. The Balaban J connectivity index is 0.000000412. The third kappa shape index (κ3) is 8.53. The highest BCUT2D eigenvalue weighted by Gasteiger charge is 2.38. The normalized spacial score (nSPS) is 10.6. The molecule has 7 nitrogen and oxygen atoms in total. The lowest BCUT2D eigenvalue weighted by Crippen LogP contribution is -2.21. The third-order valence-electron chi connectivity index (χ3n) is 2.81. The lowest BCUT2D eigenvalue weighted by atomic mass is 10.1. The van der Waals surface area contributed by atoms with Crippen LogP contribution in [0.2, 0.25) is 0 Å². The quantitative estimate of drug-likeness (QED) is 0.696. The Morgan fingerprint density at radius 2 is 1.81 bits per heavy atom. The molecule has 2 aromatic rings. The van der Waals surface area contributed by atoms with Crippen LogP contribution in [0.15, 0.2) is 30.3 Å². The number of aromatic nitrogens is 2. The van der Waals surface area contributed by atoms with Crippen molar-refractivity contribution in [3.8, 4) is 0 Å². The molecule has 1 aromatic heterocycles. The van der Waals surface area contributed by atoms with Crippen molar-refractivity contribution >= 4 is 28.5 Å². The number of nitrogens with one attached hydrogen (secondary N) is 1. The van der Waals surface area contributed by atoms with E-state index in [1.165, 1.54) is 11.5 Å². The Morgan fingerprint density at radius 3 is 2.35 bits per heavy atom. The van der Waals surface area contributed by atoms with Crippen LogP contribution in [0.3, 0.4) is 0 Å². The summed E-state index contributed by atoms with van der Waals surface area (Å²) in [6.45, 7) is 0.512. The van der Waals surface area contributed by atoms with Gasteiger partial charge in [0.2, 0.25) is 11.0 Å². The van der Waals surface area contributed by atoms with Gasteiger partial charge in [0.15, 0.2) is 0 Å². The fraction of sp³-hybridized carbons (Fsp3) is 0.333. The molecule has 0 unspecified atom stereocenters. The zero-order valence-electron chi connectivity index (χ0n) is 13.5. The zero-order chi connectivity index (χ0) is 19.6. The molecule has 1 amide bonds. The summed E-state index contributed by atoms with van der Waals surface area (Å²) < 4.78 is 35.8. The van der Waals surface area contributed by atoms with Crippen molar-refractivity contribution < 1.29 is 27.9 Å². The van der Waals surface area contributed by atoms with E-state index in [1.54, 1.807) is 0 Å². The molecule has 4 N–H and O–H groups in total. The SMILES string of the molecule is NCCc1nsc(NC(=O)CCc2ccccc2)n1.O=C(O)C(F)(F)F.